The summed E-state index contributed by atoms with van der Waals surface area (Å²) in [5.74, 6) is -1.28. The molecule has 0 N–H and O–H groups in total. The molecule has 0 aliphatic heterocycles. The summed E-state index contributed by atoms with van der Waals surface area (Å²) in [7, 11) is 0. The summed E-state index contributed by atoms with van der Waals surface area (Å²) < 4.78 is 10.5. The van der Waals surface area contributed by atoms with E-state index in [4.69, 9.17) is 9.47 Å². The molecule has 0 bridgehead atoms. The highest BCUT2D eigenvalue weighted by molar-refractivity contribution is 5.76. The number of hydrogen-bond acceptors (Lipinski definition) is 4. The molecule has 1 aromatic carbocycles. The van der Waals surface area contributed by atoms with Gasteiger partial charge >= 0.3 is 11.9 Å². The van der Waals surface area contributed by atoms with Crippen LogP contribution in [-0.4, -0.2) is 24.1 Å². The van der Waals surface area contributed by atoms with Gasteiger partial charge in [-0.05, 0) is 33.3 Å². The van der Waals surface area contributed by atoms with Crippen LogP contribution < -0.4 is 0 Å². The topological polar surface area (TPSA) is 52.6 Å². The summed E-state index contributed by atoms with van der Waals surface area (Å²) in [6.07, 6.45) is 0.165. The van der Waals surface area contributed by atoms with Crippen LogP contribution in [0.2, 0.25) is 0 Å². The van der Waals surface area contributed by atoms with Gasteiger partial charge in [0.15, 0.2) is 0 Å². The molecule has 0 fully saturated rings. The summed E-state index contributed by atoms with van der Waals surface area (Å²) in [5.41, 5.74) is 0.394. The van der Waals surface area contributed by atoms with Gasteiger partial charge in [0.05, 0.1) is 18.9 Å². The van der Waals surface area contributed by atoms with Gasteiger partial charge in [-0.2, -0.15) is 0 Å². The Labute approximate surface area is 132 Å². The maximum atomic E-state index is 12.3. The van der Waals surface area contributed by atoms with Crippen LogP contribution >= 0.6 is 0 Å². The van der Waals surface area contributed by atoms with Gasteiger partial charge in [-0.25, -0.2) is 0 Å². The van der Waals surface area contributed by atoms with Crippen molar-refractivity contribution in [2.75, 3.05) is 6.61 Å². The van der Waals surface area contributed by atoms with Gasteiger partial charge in [-0.3, -0.25) is 9.59 Å². The third-order valence-electron chi connectivity index (χ3n) is 3.30. The lowest BCUT2D eigenvalue weighted by molar-refractivity contribution is -0.160. The summed E-state index contributed by atoms with van der Waals surface area (Å²) in [5, 5.41) is 0. The summed E-state index contributed by atoms with van der Waals surface area (Å²) >= 11 is 0. The lowest BCUT2D eigenvalue weighted by atomic mass is 9.84. The zero-order chi connectivity index (χ0) is 16.8. The van der Waals surface area contributed by atoms with Crippen LogP contribution in [0.1, 0.15) is 52.5 Å². The van der Waals surface area contributed by atoms with Crippen molar-refractivity contribution in [1.29, 1.82) is 0 Å². The Morgan fingerprint density at radius 3 is 2.23 bits per heavy atom. The van der Waals surface area contributed by atoms with Crippen LogP contribution in [-0.2, 0) is 19.1 Å². The molecule has 0 radical (unpaired) electrons. The maximum Gasteiger partial charge on any atom is 0.309 e. The van der Waals surface area contributed by atoms with Crippen molar-refractivity contribution in [2.24, 2.45) is 5.92 Å². The third kappa shape index (κ3) is 5.88. The van der Waals surface area contributed by atoms with Gasteiger partial charge in [-0.1, -0.05) is 37.3 Å². The lowest BCUT2D eigenvalue weighted by Crippen LogP contribution is -2.31. The van der Waals surface area contributed by atoms with Gasteiger partial charge in [0.2, 0.25) is 0 Å². The molecule has 0 aliphatic rings. The van der Waals surface area contributed by atoms with Gasteiger partial charge in [0.25, 0.3) is 0 Å². The van der Waals surface area contributed by atoms with E-state index >= 15 is 0 Å². The average Bonchev–Trinajstić information content (AvgIpc) is 2.43. The molecule has 0 unspecified atom stereocenters. The van der Waals surface area contributed by atoms with Crippen LogP contribution in [0.15, 0.2) is 30.3 Å². The first-order valence-corrected chi connectivity index (χ1v) is 7.68. The van der Waals surface area contributed by atoms with Crippen LogP contribution in [0.3, 0.4) is 0 Å². The van der Waals surface area contributed by atoms with E-state index in [2.05, 4.69) is 0 Å². The van der Waals surface area contributed by atoms with Crippen molar-refractivity contribution in [2.45, 2.75) is 52.6 Å². The third-order valence-corrected chi connectivity index (χ3v) is 3.30. The van der Waals surface area contributed by atoms with Crippen molar-refractivity contribution >= 4 is 11.9 Å². The zero-order valence-electron chi connectivity index (χ0n) is 14.1. The first-order valence-electron chi connectivity index (χ1n) is 7.68. The Bertz CT molecular complexity index is 488. The van der Waals surface area contributed by atoms with Crippen molar-refractivity contribution in [3.05, 3.63) is 35.9 Å². The van der Waals surface area contributed by atoms with Crippen LogP contribution in [0, 0.1) is 5.92 Å². The summed E-state index contributed by atoms with van der Waals surface area (Å²) in [6, 6.07) is 9.54. The molecule has 0 saturated heterocycles. The van der Waals surface area contributed by atoms with Crippen molar-refractivity contribution < 1.29 is 19.1 Å². The molecule has 0 aliphatic carbocycles. The van der Waals surface area contributed by atoms with E-state index in [1.165, 1.54) is 0 Å². The molecule has 4 heteroatoms. The Balaban J connectivity index is 2.94. The zero-order valence-corrected chi connectivity index (χ0v) is 14.1. The van der Waals surface area contributed by atoms with Crippen molar-refractivity contribution in [3.8, 4) is 0 Å². The molecule has 122 valence electrons. The van der Waals surface area contributed by atoms with E-state index in [0.29, 0.717) is 6.61 Å². The molecule has 22 heavy (non-hydrogen) atoms. The Hall–Kier alpha value is -1.84. The van der Waals surface area contributed by atoms with Gasteiger partial charge in [0, 0.05) is 5.92 Å². The second-order valence-electron chi connectivity index (χ2n) is 6.35. The fourth-order valence-electron chi connectivity index (χ4n) is 2.24. The molecule has 1 aromatic rings. The first-order chi connectivity index (χ1) is 10.2. The second-order valence-corrected chi connectivity index (χ2v) is 6.35. The Morgan fingerprint density at radius 2 is 1.73 bits per heavy atom. The quantitative estimate of drug-likeness (QED) is 0.752. The summed E-state index contributed by atoms with van der Waals surface area (Å²) in [4.78, 5) is 24.2. The molecule has 0 saturated carbocycles. The minimum atomic E-state index is -0.545. The molecule has 0 spiro atoms. The standard InChI is InChI=1S/C18H26O4/c1-6-21-16(19)12-15(14-10-8-7-9-11-14)13(2)17(20)22-18(3,4)5/h7-11,13,15H,6,12H2,1-5H3/t13-,15-/m1/s1. The second kappa shape index (κ2) is 7.97. The highest BCUT2D eigenvalue weighted by Gasteiger charge is 2.31. The smallest absolute Gasteiger partial charge is 0.309 e. The number of ether oxygens (including phenoxy) is 2. The largest absolute Gasteiger partial charge is 0.466 e. The fourth-order valence-corrected chi connectivity index (χ4v) is 2.24. The highest BCUT2D eigenvalue weighted by Crippen LogP contribution is 2.30. The van der Waals surface area contributed by atoms with E-state index in [1.54, 1.807) is 13.8 Å². The molecule has 4 nitrogen and oxygen atoms in total. The van der Waals surface area contributed by atoms with E-state index in [1.807, 2.05) is 51.1 Å². The van der Waals surface area contributed by atoms with Crippen molar-refractivity contribution in [3.63, 3.8) is 0 Å². The molecule has 0 amide bonds. The van der Waals surface area contributed by atoms with Crippen LogP contribution in [0.25, 0.3) is 0 Å². The monoisotopic (exact) mass is 306 g/mol. The minimum Gasteiger partial charge on any atom is -0.466 e. The molecule has 0 aromatic heterocycles. The van der Waals surface area contributed by atoms with Crippen LogP contribution in [0.5, 0.6) is 0 Å². The minimum absolute atomic E-state index is 0.165. The highest BCUT2D eigenvalue weighted by atomic mass is 16.6. The van der Waals surface area contributed by atoms with E-state index in [-0.39, 0.29) is 24.3 Å². The number of carbonyl (C=O) groups excluding carboxylic acids is 2. The fraction of sp³-hybridized carbons (Fsp3) is 0.556. The average molecular weight is 306 g/mol. The first kappa shape index (κ1) is 18.2. The van der Waals surface area contributed by atoms with Gasteiger partial charge in [0.1, 0.15) is 5.60 Å². The number of rotatable bonds is 6. The molecule has 2 atom stereocenters. The number of esters is 2. The molecular formula is C18H26O4. The Morgan fingerprint density at radius 1 is 1.14 bits per heavy atom. The maximum absolute atomic E-state index is 12.3. The van der Waals surface area contributed by atoms with E-state index in [0.717, 1.165) is 5.56 Å². The van der Waals surface area contributed by atoms with Gasteiger partial charge < -0.3 is 9.47 Å². The SMILES string of the molecule is CCOC(=O)C[C@@H](c1ccccc1)[C@@H](C)C(=O)OC(C)(C)C. The normalized spacial score (nSPS) is 14.0. The predicted molar refractivity (Wildman–Crippen MR) is 85.4 cm³/mol. The number of hydrogen-bond donors (Lipinski definition) is 0. The lowest BCUT2D eigenvalue weighted by Gasteiger charge is -2.27. The van der Waals surface area contributed by atoms with Gasteiger partial charge in [-0.15, -0.1) is 0 Å². The predicted octanol–water partition coefficient (Wildman–Crippen LogP) is 3.70. The Kier molecular flexibility index (Phi) is 6.60. The molecule has 1 rings (SSSR count). The van der Waals surface area contributed by atoms with Crippen molar-refractivity contribution in [1.82, 2.24) is 0 Å². The summed E-state index contributed by atoms with van der Waals surface area (Å²) in [6.45, 7) is 9.40. The van der Waals surface area contributed by atoms with E-state index < -0.39 is 11.5 Å². The van der Waals surface area contributed by atoms with E-state index in [9.17, 15) is 9.59 Å². The van der Waals surface area contributed by atoms with Crippen LogP contribution in [0.4, 0.5) is 0 Å². The molecule has 0 heterocycles. The number of benzene rings is 1. The molecular weight excluding hydrogens is 280 g/mol. The number of carbonyl (C=O) groups is 2.